The molecular weight excluding hydrogens is 226 g/mol. The topological polar surface area (TPSA) is 29.5 Å². The number of hydrogen-bond donors (Lipinski definition) is 0. The van der Waals surface area contributed by atoms with Crippen LogP contribution in [0.2, 0.25) is 0 Å². The van der Waals surface area contributed by atoms with Crippen molar-refractivity contribution in [2.45, 2.75) is 12.8 Å². The molecule has 0 bridgehead atoms. The van der Waals surface area contributed by atoms with Gasteiger partial charge in [-0.25, -0.2) is 5.06 Å². The quantitative estimate of drug-likeness (QED) is 0.808. The third-order valence-electron chi connectivity index (χ3n) is 3.25. The molecule has 0 aliphatic carbocycles. The Balaban J connectivity index is 1.88. The minimum Gasteiger partial charge on any atom is -0.272 e. The number of carbonyl (C=O) groups excluding carboxylic acids is 1. The molecule has 1 amide bonds. The minimum absolute atomic E-state index is 0.0452. The van der Waals surface area contributed by atoms with Crippen LogP contribution >= 0.6 is 0 Å². The second kappa shape index (κ2) is 4.78. The van der Waals surface area contributed by atoms with Crippen LogP contribution in [0.3, 0.4) is 0 Å². The van der Waals surface area contributed by atoms with Gasteiger partial charge in [0.25, 0.3) is 5.91 Å². The van der Waals surface area contributed by atoms with Gasteiger partial charge in [0.05, 0.1) is 19.6 Å². The van der Waals surface area contributed by atoms with E-state index in [1.165, 1.54) is 10.4 Å². The molecule has 92 valence electrons. The van der Waals surface area contributed by atoms with E-state index in [1.54, 1.807) is 0 Å². The zero-order valence-electron chi connectivity index (χ0n) is 10.1. The Morgan fingerprint density at radius 1 is 1.17 bits per heavy atom. The predicted octanol–water partition coefficient (Wildman–Crippen LogP) is 2.55. The molecule has 0 saturated carbocycles. The third-order valence-corrected chi connectivity index (χ3v) is 3.25. The molecule has 1 aliphatic rings. The molecule has 2 aromatic carbocycles. The lowest BCUT2D eigenvalue weighted by atomic mass is 10.0. The highest BCUT2D eigenvalue weighted by Gasteiger charge is 2.19. The van der Waals surface area contributed by atoms with Crippen molar-refractivity contribution in [2.24, 2.45) is 0 Å². The normalized spacial score (nSPS) is 15.2. The number of fused-ring (bicyclic) bond motifs is 1. The van der Waals surface area contributed by atoms with Crippen molar-refractivity contribution in [1.29, 1.82) is 0 Å². The van der Waals surface area contributed by atoms with Crippen LogP contribution in [0.15, 0.2) is 42.5 Å². The van der Waals surface area contributed by atoms with E-state index in [2.05, 4.69) is 18.2 Å². The Hall–Kier alpha value is -1.87. The highest BCUT2D eigenvalue weighted by molar-refractivity contribution is 5.90. The van der Waals surface area contributed by atoms with E-state index >= 15 is 0 Å². The number of benzene rings is 2. The summed E-state index contributed by atoms with van der Waals surface area (Å²) in [7, 11) is 0. The van der Waals surface area contributed by atoms with Crippen molar-refractivity contribution >= 4 is 16.7 Å². The van der Waals surface area contributed by atoms with Gasteiger partial charge in [-0.05, 0) is 22.8 Å². The largest absolute Gasteiger partial charge is 0.272 e. The molecule has 3 rings (SSSR count). The third kappa shape index (κ3) is 2.09. The van der Waals surface area contributed by atoms with Gasteiger partial charge >= 0.3 is 0 Å². The van der Waals surface area contributed by atoms with Crippen molar-refractivity contribution < 1.29 is 9.63 Å². The molecule has 3 nitrogen and oxygen atoms in total. The van der Waals surface area contributed by atoms with Crippen LogP contribution in [0.5, 0.6) is 0 Å². The maximum absolute atomic E-state index is 12.1. The predicted molar refractivity (Wildman–Crippen MR) is 69.9 cm³/mol. The lowest BCUT2D eigenvalue weighted by Gasteiger charge is -2.14. The number of nitrogens with zero attached hydrogens (tertiary/aromatic N) is 1. The molecule has 3 heteroatoms. The van der Waals surface area contributed by atoms with Gasteiger partial charge in [0.1, 0.15) is 0 Å². The molecule has 2 aromatic rings. The first kappa shape index (κ1) is 11.2. The van der Waals surface area contributed by atoms with Crippen molar-refractivity contribution in [1.82, 2.24) is 5.06 Å². The van der Waals surface area contributed by atoms with Gasteiger partial charge in [-0.1, -0.05) is 42.5 Å². The molecule has 0 radical (unpaired) electrons. The zero-order chi connectivity index (χ0) is 12.4. The first-order valence-electron chi connectivity index (χ1n) is 6.24. The van der Waals surface area contributed by atoms with E-state index in [-0.39, 0.29) is 5.91 Å². The molecule has 0 atom stereocenters. The number of carbonyl (C=O) groups is 1. The maximum atomic E-state index is 12.1. The molecule has 0 spiro atoms. The van der Waals surface area contributed by atoms with Gasteiger partial charge in [-0.15, -0.1) is 0 Å². The summed E-state index contributed by atoms with van der Waals surface area (Å²) in [5, 5.41) is 3.81. The van der Waals surface area contributed by atoms with E-state index in [4.69, 9.17) is 4.84 Å². The minimum atomic E-state index is 0.0452. The second-order valence-corrected chi connectivity index (χ2v) is 4.50. The van der Waals surface area contributed by atoms with Crippen LogP contribution in [0.1, 0.15) is 12.0 Å². The van der Waals surface area contributed by atoms with Gasteiger partial charge in [-0.2, -0.15) is 0 Å². The van der Waals surface area contributed by atoms with Gasteiger partial charge in [0, 0.05) is 0 Å². The van der Waals surface area contributed by atoms with Crippen LogP contribution in [-0.4, -0.2) is 24.1 Å². The molecule has 0 aromatic heterocycles. The Labute approximate surface area is 106 Å². The zero-order valence-corrected chi connectivity index (χ0v) is 10.1. The van der Waals surface area contributed by atoms with Crippen molar-refractivity contribution in [2.75, 3.05) is 13.2 Å². The average Bonchev–Trinajstić information content (AvgIpc) is 2.93. The summed E-state index contributed by atoms with van der Waals surface area (Å²) in [5.74, 6) is 0.0452. The summed E-state index contributed by atoms with van der Waals surface area (Å²) in [5.41, 5.74) is 1.06. The van der Waals surface area contributed by atoms with Crippen molar-refractivity contribution in [3.05, 3.63) is 48.0 Å². The number of hydroxylamine groups is 2. The van der Waals surface area contributed by atoms with E-state index in [0.717, 1.165) is 17.4 Å². The molecular formula is C15H15NO2. The first-order valence-corrected chi connectivity index (χ1v) is 6.24. The highest BCUT2D eigenvalue weighted by Crippen LogP contribution is 2.20. The van der Waals surface area contributed by atoms with Crippen molar-refractivity contribution in [3.8, 4) is 0 Å². The van der Waals surface area contributed by atoms with E-state index in [1.807, 2.05) is 24.3 Å². The van der Waals surface area contributed by atoms with Gasteiger partial charge in [-0.3, -0.25) is 9.63 Å². The fourth-order valence-electron chi connectivity index (χ4n) is 2.34. The van der Waals surface area contributed by atoms with Crippen LogP contribution < -0.4 is 0 Å². The van der Waals surface area contributed by atoms with E-state index in [9.17, 15) is 4.79 Å². The summed E-state index contributed by atoms with van der Waals surface area (Å²) in [4.78, 5) is 17.3. The fraction of sp³-hybridized carbons (Fsp3) is 0.267. The summed E-state index contributed by atoms with van der Waals surface area (Å²) in [6, 6.07) is 14.2. The molecule has 1 aliphatic heterocycles. The number of amides is 1. The number of hydrogen-bond acceptors (Lipinski definition) is 2. The Bertz CT molecular complexity index is 568. The average molecular weight is 241 g/mol. The van der Waals surface area contributed by atoms with E-state index < -0.39 is 0 Å². The fourth-order valence-corrected chi connectivity index (χ4v) is 2.34. The highest BCUT2D eigenvalue weighted by atomic mass is 16.7. The summed E-state index contributed by atoms with van der Waals surface area (Å²) < 4.78 is 0. The van der Waals surface area contributed by atoms with Crippen LogP contribution in [0.4, 0.5) is 0 Å². The molecule has 1 heterocycles. The van der Waals surface area contributed by atoms with E-state index in [0.29, 0.717) is 19.6 Å². The SMILES string of the molecule is O=C(Cc1cccc2ccccc12)N1CCCO1. The number of rotatable bonds is 2. The molecule has 18 heavy (non-hydrogen) atoms. The second-order valence-electron chi connectivity index (χ2n) is 4.50. The smallest absolute Gasteiger partial charge is 0.250 e. The monoisotopic (exact) mass is 241 g/mol. The lowest BCUT2D eigenvalue weighted by Crippen LogP contribution is -2.28. The van der Waals surface area contributed by atoms with Gasteiger partial charge in [0.15, 0.2) is 0 Å². The maximum Gasteiger partial charge on any atom is 0.250 e. The summed E-state index contributed by atoms with van der Waals surface area (Å²) in [6.07, 6.45) is 1.34. The Morgan fingerprint density at radius 3 is 2.83 bits per heavy atom. The lowest BCUT2D eigenvalue weighted by molar-refractivity contribution is -0.167. The van der Waals surface area contributed by atoms with Crippen LogP contribution in [0, 0.1) is 0 Å². The standard InChI is InChI=1S/C15H15NO2/c17-15(16-9-4-10-18-16)11-13-7-3-6-12-5-1-2-8-14(12)13/h1-3,5-8H,4,9-11H2. The van der Waals surface area contributed by atoms with Crippen LogP contribution in [-0.2, 0) is 16.1 Å². The molecule has 0 unspecified atom stereocenters. The Morgan fingerprint density at radius 2 is 2.00 bits per heavy atom. The van der Waals surface area contributed by atoms with Crippen molar-refractivity contribution in [3.63, 3.8) is 0 Å². The molecule has 1 fully saturated rings. The van der Waals surface area contributed by atoms with Gasteiger partial charge in [0.2, 0.25) is 0 Å². The summed E-state index contributed by atoms with van der Waals surface area (Å²) in [6.45, 7) is 1.37. The molecule has 1 saturated heterocycles. The Kier molecular flexibility index (Phi) is 2.99. The van der Waals surface area contributed by atoms with Crippen LogP contribution in [0.25, 0.3) is 10.8 Å². The first-order chi connectivity index (χ1) is 8.84. The summed E-state index contributed by atoms with van der Waals surface area (Å²) >= 11 is 0. The van der Waals surface area contributed by atoms with Gasteiger partial charge < -0.3 is 0 Å². The molecule has 0 N–H and O–H groups in total.